The molecule has 0 aliphatic rings. The predicted molar refractivity (Wildman–Crippen MR) is 56.2 cm³/mol. The molecule has 0 aromatic heterocycles. The van der Waals surface area contributed by atoms with Crippen LogP contribution in [0.2, 0.25) is 0 Å². The summed E-state index contributed by atoms with van der Waals surface area (Å²) in [5.74, 6) is 0. The van der Waals surface area contributed by atoms with Crippen LogP contribution in [0, 0.1) is 0 Å². The number of benzene rings is 1. The van der Waals surface area contributed by atoms with E-state index >= 15 is 0 Å². The highest BCUT2D eigenvalue weighted by Crippen LogP contribution is 2.17. The molecule has 9 heteroatoms. The highest BCUT2D eigenvalue weighted by Gasteiger charge is 2.09. The van der Waals surface area contributed by atoms with E-state index in [2.05, 4.69) is 0 Å². The van der Waals surface area contributed by atoms with E-state index < -0.39 is 19.3 Å². The lowest BCUT2D eigenvalue weighted by molar-refractivity contribution is 0.602. The highest BCUT2D eigenvalue weighted by molar-refractivity contribution is 8.13. The summed E-state index contributed by atoms with van der Waals surface area (Å²) in [6.45, 7) is 0. The Kier molecular flexibility index (Phi) is 3.24. The number of hydrogen-bond acceptors (Lipinski definition) is 4. The maximum atomic E-state index is 10.8. The van der Waals surface area contributed by atoms with Gasteiger partial charge < -0.3 is 0 Å². The second-order valence-electron chi connectivity index (χ2n) is 2.61. The molecule has 0 saturated carbocycles. The number of rotatable bonds is 3. The summed E-state index contributed by atoms with van der Waals surface area (Å²) in [5, 5.41) is 4.71. The van der Waals surface area contributed by atoms with Crippen molar-refractivity contribution < 1.29 is 16.8 Å². The first-order chi connectivity index (χ1) is 6.68. The lowest BCUT2D eigenvalue weighted by atomic mass is 10.3. The van der Waals surface area contributed by atoms with Gasteiger partial charge in [0.25, 0.3) is 19.3 Å². The standard InChI is InChI=1S/C6H7ClN2O4S2/c7-14(10,11)6-3-1-5(2-4-6)9-15(8,12)13/h1-4,9H,(H2,8,12,13). The molecule has 15 heavy (non-hydrogen) atoms. The lowest BCUT2D eigenvalue weighted by Crippen LogP contribution is -2.21. The van der Waals surface area contributed by atoms with Gasteiger partial charge in [-0.1, -0.05) is 0 Å². The fourth-order valence-corrected chi connectivity index (χ4v) is 2.08. The minimum atomic E-state index is -3.86. The van der Waals surface area contributed by atoms with Crippen LogP contribution < -0.4 is 9.86 Å². The summed E-state index contributed by atoms with van der Waals surface area (Å²) < 4.78 is 44.8. The molecule has 0 spiro atoms. The van der Waals surface area contributed by atoms with Crippen molar-refractivity contribution in [2.75, 3.05) is 4.72 Å². The summed E-state index contributed by atoms with van der Waals surface area (Å²) >= 11 is 0. The van der Waals surface area contributed by atoms with Crippen molar-refractivity contribution in [3.05, 3.63) is 24.3 Å². The molecule has 84 valence electrons. The van der Waals surface area contributed by atoms with Crippen LogP contribution in [0.25, 0.3) is 0 Å². The van der Waals surface area contributed by atoms with E-state index in [1.807, 2.05) is 4.72 Å². The Balaban J connectivity index is 3.02. The summed E-state index contributed by atoms with van der Waals surface area (Å²) in [4.78, 5) is -0.121. The predicted octanol–water partition coefficient (Wildman–Crippen LogP) is 0.230. The van der Waals surface area contributed by atoms with Gasteiger partial charge in [-0.25, -0.2) is 13.6 Å². The zero-order valence-corrected chi connectivity index (χ0v) is 9.60. The molecule has 0 unspecified atom stereocenters. The average molecular weight is 271 g/mol. The van der Waals surface area contributed by atoms with E-state index in [9.17, 15) is 16.8 Å². The zero-order chi connectivity index (χ0) is 11.7. The van der Waals surface area contributed by atoms with Gasteiger partial charge in [0.2, 0.25) is 0 Å². The number of anilines is 1. The molecule has 1 aromatic rings. The van der Waals surface area contributed by atoms with Crippen molar-refractivity contribution in [2.45, 2.75) is 4.90 Å². The van der Waals surface area contributed by atoms with Crippen LogP contribution in [-0.2, 0) is 19.3 Å². The van der Waals surface area contributed by atoms with Gasteiger partial charge in [0.05, 0.1) is 4.90 Å². The normalized spacial score (nSPS) is 12.4. The third-order valence-corrected chi connectivity index (χ3v) is 3.29. The van der Waals surface area contributed by atoms with Crippen molar-refractivity contribution in [3.63, 3.8) is 0 Å². The van der Waals surface area contributed by atoms with Crippen LogP contribution in [0.3, 0.4) is 0 Å². The Bertz CT molecular complexity index is 549. The van der Waals surface area contributed by atoms with E-state index in [4.69, 9.17) is 15.8 Å². The number of nitrogens with one attached hydrogen (secondary N) is 1. The highest BCUT2D eigenvalue weighted by atomic mass is 35.7. The Morgan fingerprint density at radius 1 is 1.07 bits per heavy atom. The smallest absolute Gasteiger partial charge is 0.271 e. The first-order valence-corrected chi connectivity index (χ1v) is 7.39. The van der Waals surface area contributed by atoms with Crippen molar-refractivity contribution in [1.29, 1.82) is 0 Å². The SMILES string of the molecule is NS(=O)(=O)Nc1ccc(S(=O)(=O)Cl)cc1. The fraction of sp³-hybridized carbons (Fsp3) is 0. The van der Waals surface area contributed by atoms with Gasteiger partial charge in [0.15, 0.2) is 0 Å². The third-order valence-electron chi connectivity index (χ3n) is 1.40. The Labute approximate surface area is 91.6 Å². The Morgan fingerprint density at radius 3 is 1.87 bits per heavy atom. The van der Waals surface area contributed by atoms with Gasteiger partial charge in [-0.05, 0) is 24.3 Å². The fourth-order valence-electron chi connectivity index (χ4n) is 0.850. The summed E-state index contributed by atoms with van der Waals surface area (Å²) in [5.41, 5.74) is 0.154. The van der Waals surface area contributed by atoms with Crippen molar-refractivity contribution in [1.82, 2.24) is 0 Å². The molecule has 3 N–H and O–H groups in total. The Hall–Kier alpha value is -0.830. The minimum Gasteiger partial charge on any atom is -0.271 e. The maximum absolute atomic E-state index is 10.8. The summed E-state index contributed by atoms with van der Waals surface area (Å²) in [6, 6.07) is 4.80. The zero-order valence-electron chi connectivity index (χ0n) is 7.21. The average Bonchev–Trinajstić information content (AvgIpc) is 2.00. The van der Waals surface area contributed by atoms with E-state index in [0.29, 0.717) is 0 Å². The number of hydrogen-bond donors (Lipinski definition) is 2. The van der Waals surface area contributed by atoms with Gasteiger partial charge in [0.1, 0.15) is 0 Å². The van der Waals surface area contributed by atoms with Gasteiger partial charge in [-0.3, -0.25) is 4.72 Å². The monoisotopic (exact) mass is 270 g/mol. The van der Waals surface area contributed by atoms with E-state index in [0.717, 1.165) is 12.1 Å². The molecule has 0 bridgehead atoms. The molecule has 0 amide bonds. The van der Waals surface area contributed by atoms with Gasteiger partial charge in [-0.15, -0.1) is 0 Å². The molecular formula is C6H7ClN2O4S2. The molecule has 0 heterocycles. The quantitative estimate of drug-likeness (QED) is 0.767. The lowest BCUT2D eigenvalue weighted by Gasteiger charge is -2.03. The molecule has 1 rings (SSSR count). The van der Waals surface area contributed by atoms with Crippen LogP contribution >= 0.6 is 10.7 Å². The first kappa shape index (κ1) is 12.2. The summed E-state index contributed by atoms with van der Waals surface area (Å²) in [6.07, 6.45) is 0. The van der Waals surface area contributed by atoms with Crippen LogP contribution in [0.4, 0.5) is 5.69 Å². The van der Waals surface area contributed by atoms with Crippen LogP contribution in [0.15, 0.2) is 29.2 Å². The van der Waals surface area contributed by atoms with Crippen molar-refractivity contribution >= 4 is 35.6 Å². The molecule has 6 nitrogen and oxygen atoms in total. The number of nitrogens with two attached hydrogens (primary N) is 1. The van der Waals surface area contributed by atoms with Crippen LogP contribution in [0.1, 0.15) is 0 Å². The molecule has 0 radical (unpaired) electrons. The summed E-state index contributed by atoms with van der Waals surface area (Å²) in [7, 11) is -2.60. The minimum absolute atomic E-state index is 0.121. The molecule has 1 aromatic carbocycles. The van der Waals surface area contributed by atoms with E-state index in [-0.39, 0.29) is 10.6 Å². The van der Waals surface area contributed by atoms with Crippen molar-refractivity contribution in [3.8, 4) is 0 Å². The van der Waals surface area contributed by atoms with Gasteiger partial charge in [0, 0.05) is 16.4 Å². The second-order valence-corrected chi connectivity index (χ2v) is 6.47. The topological polar surface area (TPSA) is 106 Å². The van der Waals surface area contributed by atoms with E-state index in [1.54, 1.807) is 0 Å². The molecule has 0 aliphatic heterocycles. The van der Waals surface area contributed by atoms with Crippen LogP contribution in [-0.4, -0.2) is 16.8 Å². The van der Waals surface area contributed by atoms with Gasteiger partial charge >= 0.3 is 0 Å². The Morgan fingerprint density at radius 2 is 1.53 bits per heavy atom. The first-order valence-electron chi connectivity index (χ1n) is 3.54. The molecule has 0 fully saturated rings. The molecule has 0 saturated heterocycles. The van der Waals surface area contributed by atoms with E-state index in [1.165, 1.54) is 12.1 Å². The van der Waals surface area contributed by atoms with Crippen molar-refractivity contribution in [2.24, 2.45) is 5.14 Å². The second kappa shape index (κ2) is 3.97. The molecular weight excluding hydrogens is 264 g/mol. The largest absolute Gasteiger partial charge is 0.296 e. The molecule has 0 atom stereocenters. The maximum Gasteiger partial charge on any atom is 0.296 e. The molecule has 0 aliphatic carbocycles. The number of halogens is 1. The van der Waals surface area contributed by atoms with Crippen LogP contribution in [0.5, 0.6) is 0 Å². The van der Waals surface area contributed by atoms with Gasteiger partial charge in [-0.2, -0.15) is 8.42 Å². The third kappa shape index (κ3) is 4.04.